The Kier molecular flexibility index (Phi) is 7.67. The summed E-state index contributed by atoms with van der Waals surface area (Å²) in [6.45, 7) is 8.83. The number of carbonyl (C=O) groups is 1. The molecule has 6 heteroatoms. The lowest BCUT2D eigenvalue weighted by molar-refractivity contribution is -0.137. The van der Waals surface area contributed by atoms with Crippen LogP contribution in [0.2, 0.25) is 0 Å². The van der Waals surface area contributed by atoms with Crippen molar-refractivity contribution in [2.45, 2.75) is 64.3 Å². The number of fused-ring (bicyclic) bond motifs is 1. The quantitative estimate of drug-likeness (QED) is 0.446. The molecule has 0 bridgehead atoms. The van der Waals surface area contributed by atoms with Crippen molar-refractivity contribution < 1.29 is 18.3 Å². The van der Waals surface area contributed by atoms with Crippen molar-refractivity contribution in [2.75, 3.05) is 6.54 Å². The minimum atomic E-state index is -3.67. The number of hydrogen-bond acceptors (Lipinski definition) is 3. The molecular weight excluding hydrogens is 470 g/mol. The van der Waals surface area contributed by atoms with Gasteiger partial charge in [0.05, 0.1) is 11.3 Å². The van der Waals surface area contributed by atoms with Crippen LogP contribution in [0.1, 0.15) is 64.6 Å². The van der Waals surface area contributed by atoms with Crippen LogP contribution in [0.5, 0.6) is 0 Å². The molecule has 0 spiro atoms. The highest BCUT2D eigenvalue weighted by molar-refractivity contribution is 7.89. The number of carboxylic acid groups (broad SMARTS) is 1. The molecule has 3 aromatic rings. The van der Waals surface area contributed by atoms with Crippen molar-refractivity contribution >= 4 is 16.0 Å². The number of sulfonamides is 1. The number of rotatable bonds is 6. The second kappa shape index (κ2) is 10.6. The van der Waals surface area contributed by atoms with Gasteiger partial charge in [0, 0.05) is 19.0 Å². The standard InChI is InChI=1S/C30H35NO4S/c1-20-10-14-27(23(4)15-20)28(17-30(32)33)25-13-11-22(3)26(16-25)19-31-18-21(2)9-12-24-7-5-6-8-29(24)36(31,34)35/h5-8,10-11,13-16,21,28H,9,12,17-19H2,1-4H3,(H,32,33)/t21-,28?/m0/s1. The zero-order valence-electron chi connectivity index (χ0n) is 21.5. The summed E-state index contributed by atoms with van der Waals surface area (Å²) in [6, 6.07) is 19.4. The maximum atomic E-state index is 13.7. The maximum absolute atomic E-state index is 13.7. The van der Waals surface area contributed by atoms with Crippen molar-refractivity contribution in [3.8, 4) is 0 Å². The molecule has 1 N–H and O–H groups in total. The summed E-state index contributed by atoms with van der Waals surface area (Å²) in [7, 11) is -3.67. The van der Waals surface area contributed by atoms with Gasteiger partial charge in [0.15, 0.2) is 0 Å². The molecule has 3 aromatic carbocycles. The summed E-state index contributed by atoms with van der Waals surface area (Å²) in [5.74, 6) is -0.948. The van der Waals surface area contributed by atoms with Crippen molar-refractivity contribution in [1.82, 2.24) is 4.31 Å². The molecule has 0 saturated carbocycles. The van der Waals surface area contributed by atoms with E-state index in [4.69, 9.17) is 0 Å². The van der Waals surface area contributed by atoms with Crippen LogP contribution in [0.25, 0.3) is 0 Å². The summed E-state index contributed by atoms with van der Waals surface area (Å²) in [5.41, 5.74) is 6.83. The Labute approximate surface area is 214 Å². The summed E-state index contributed by atoms with van der Waals surface area (Å²) >= 11 is 0. The first-order chi connectivity index (χ1) is 17.1. The second-order valence-corrected chi connectivity index (χ2v) is 12.2. The van der Waals surface area contributed by atoms with Gasteiger partial charge in [-0.15, -0.1) is 0 Å². The highest BCUT2D eigenvalue weighted by Gasteiger charge is 2.31. The number of aryl methyl sites for hydroxylation is 4. The molecule has 0 amide bonds. The normalized spacial score (nSPS) is 18.6. The Hall–Kier alpha value is -2.96. The summed E-state index contributed by atoms with van der Waals surface area (Å²) < 4.78 is 29.1. The molecule has 4 rings (SSSR count). The van der Waals surface area contributed by atoms with Crippen LogP contribution in [0.15, 0.2) is 65.6 Å². The van der Waals surface area contributed by atoms with Gasteiger partial charge >= 0.3 is 5.97 Å². The highest BCUT2D eigenvalue weighted by Crippen LogP contribution is 2.34. The average molecular weight is 506 g/mol. The number of aliphatic carboxylic acids is 1. The lowest BCUT2D eigenvalue weighted by atomic mass is 9.84. The molecule has 0 saturated heterocycles. The van der Waals surface area contributed by atoms with Gasteiger partial charge in [-0.25, -0.2) is 8.42 Å². The van der Waals surface area contributed by atoms with Crippen LogP contribution >= 0.6 is 0 Å². The number of benzene rings is 3. The number of carboxylic acids is 1. The lowest BCUT2D eigenvalue weighted by Crippen LogP contribution is -2.36. The van der Waals surface area contributed by atoms with Gasteiger partial charge < -0.3 is 5.11 Å². The SMILES string of the molecule is Cc1ccc(C(CC(=O)O)c2ccc(C)c(CN3C[C@@H](C)CCc4ccccc4S3(=O)=O)c2)c(C)c1. The van der Waals surface area contributed by atoms with Crippen LogP contribution in [0.3, 0.4) is 0 Å². The van der Waals surface area contributed by atoms with Crippen molar-refractivity contribution in [2.24, 2.45) is 5.92 Å². The summed E-state index contributed by atoms with van der Waals surface area (Å²) in [5, 5.41) is 9.70. The van der Waals surface area contributed by atoms with Crippen LogP contribution < -0.4 is 0 Å². The Balaban J connectivity index is 1.75. The molecule has 1 heterocycles. The topological polar surface area (TPSA) is 74.7 Å². The first kappa shape index (κ1) is 26.1. The van der Waals surface area contributed by atoms with Crippen molar-refractivity contribution in [3.63, 3.8) is 0 Å². The van der Waals surface area contributed by atoms with Crippen LogP contribution in [0, 0.1) is 26.7 Å². The molecule has 1 aliphatic rings. The highest BCUT2D eigenvalue weighted by atomic mass is 32.2. The minimum Gasteiger partial charge on any atom is -0.481 e. The van der Waals surface area contributed by atoms with E-state index < -0.39 is 16.0 Å². The van der Waals surface area contributed by atoms with E-state index >= 15 is 0 Å². The molecule has 2 atom stereocenters. The molecule has 0 fully saturated rings. The first-order valence-electron chi connectivity index (χ1n) is 12.5. The molecular formula is C30H35NO4S. The zero-order chi connectivity index (χ0) is 26.0. The summed E-state index contributed by atoms with van der Waals surface area (Å²) in [4.78, 5) is 12.2. The average Bonchev–Trinajstić information content (AvgIpc) is 2.82. The van der Waals surface area contributed by atoms with E-state index in [-0.39, 0.29) is 24.8 Å². The van der Waals surface area contributed by atoms with E-state index in [0.717, 1.165) is 51.8 Å². The molecule has 190 valence electrons. The van der Waals surface area contributed by atoms with Crippen LogP contribution in [0.4, 0.5) is 0 Å². The van der Waals surface area contributed by atoms with Crippen LogP contribution in [-0.4, -0.2) is 30.3 Å². The van der Waals surface area contributed by atoms with E-state index in [1.807, 2.05) is 63.2 Å². The molecule has 1 aliphatic heterocycles. The predicted octanol–water partition coefficient (Wildman–Crippen LogP) is 5.99. The van der Waals surface area contributed by atoms with Gasteiger partial charge in [-0.1, -0.05) is 67.1 Å². The maximum Gasteiger partial charge on any atom is 0.304 e. The molecule has 0 radical (unpaired) electrons. The van der Waals surface area contributed by atoms with Gasteiger partial charge in [0.2, 0.25) is 10.0 Å². The van der Waals surface area contributed by atoms with Crippen LogP contribution in [-0.2, 0) is 27.8 Å². The molecule has 1 unspecified atom stereocenters. The van der Waals surface area contributed by atoms with Gasteiger partial charge in [-0.2, -0.15) is 4.31 Å². The largest absolute Gasteiger partial charge is 0.481 e. The summed E-state index contributed by atoms with van der Waals surface area (Å²) in [6.07, 6.45) is 1.65. The third-order valence-electron chi connectivity index (χ3n) is 7.31. The Morgan fingerprint density at radius 1 is 1.03 bits per heavy atom. The second-order valence-electron chi connectivity index (χ2n) is 10.2. The van der Waals surface area contributed by atoms with E-state index in [0.29, 0.717) is 11.4 Å². The van der Waals surface area contributed by atoms with Crippen molar-refractivity contribution in [3.05, 3.63) is 99.6 Å². The molecule has 5 nitrogen and oxygen atoms in total. The van der Waals surface area contributed by atoms with E-state index in [1.165, 1.54) is 0 Å². The fourth-order valence-corrected chi connectivity index (χ4v) is 7.05. The van der Waals surface area contributed by atoms with Gasteiger partial charge in [-0.3, -0.25) is 4.79 Å². The van der Waals surface area contributed by atoms with Gasteiger partial charge in [-0.05, 0) is 79.0 Å². The number of hydrogen-bond donors (Lipinski definition) is 1. The Bertz CT molecular complexity index is 1380. The fraction of sp³-hybridized carbons (Fsp3) is 0.367. The fourth-order valence-electron chi connectivity index (χ4n) is 5.26. The Morgan fingerprint density at radius 3 is 2.50 bits per heavy atom. The first-order valence-corrected chi connectivity index (χ1v) is 14.0. The van der Waals surface area contributed by atoms with E-state index in [9.17, 15) is 18.3 Å². The monoisotopic (exact) mass is 505 g/mol. The smallest absolute Gasteiger partial charge is 0.304 e. The zero-order valence-corrected chi connectivity index (χ0v) is 22.3. The predicted molar refractivity (Wildman–Crippen MR) is 143 cm³/mol. The lowest BCUT2D eigenvalue weighted by Gasteiger charge is -2.30. The molecule has 0 aromatic heterocycles. The molecule has 36 heavy (non-hydrogen) atoms. The minimum absolute atomic E-state index is 0.0289. The third kappa shape index (κ3) is 5.55. The van der Waals surface area contributed by atoms with Gasteiger partial charge in [0.1, 0.15) is 0 Å². The third-order valence-corrected chi connectivity index (χ3v) is 9.23. The molecule has 0 aliphatic carbocycles. The van der Waals surface area contributed by atoms with Crippen molar-refractivity contribution in [1.29, 1.82) is 0 Å². The number of nitrogens with zero attached hydrogens (tertiary/aromatic N) is 1. The van der Waals surface area contributed by atoms with E-state index in [2.05, 4.69) is 13.0 Å². The van der Waals surface area contributed by atoms with E-state index in [1.54, 1.807) is 16.4 Å². The Morgan fingerprint density at radius 2 is 1.78 bits per heavy atom. The van der Waals surface area contributed by atoms with Gasteiger partial charge in [0.25, 0.3) is 0 Å².